The van der Waals surface area contributed by atoms with Crippen LogP contribution in [0.1, 0.15) is 43.2 Å². The van der Waals surface area contributed by atoms with Gasteiger partial charge in [-0.25, -0.2) is 4.79 Å². The molecule has 1 fully saturated rings. The largest absolute Gasteiger partial charge is 0.465 e. The summed E-state index contributed by atoms with van der Waals surface area (Å²) >= 11 is 0. The quantitative estimate of drug-likeness (QED) is 0.754. The number of benzene rings is 1. The Hall–Kier alpha value is -1.81. The third kappa shape index (κ3) is 5.53. The zero-order valence-electron chi connectivity index (χ0n) is 12.9. The van der Waals surface area contributed by atoms with E-state index in [-0.39, 0.29) is 6.10 Å². The molecule has 1 aromatic rings. The topological polar surface area (TPSA) is 69.6 Å². The minimum absolute atomic E-state index is 0.256. The molecule has 4 nitrogen and oxygen atoms in total. The monoisotopic (exact) mass is 303 g/mol. The fraction of sp³-hybridized carbons (Fsp3) is 0.500. The van der Waals surface area contributed by atoms with Crippen LogP contribution < -0.4 is 5.32 Å². The second-order valence-corrected chi connectivity index (χ2v) is 6.00. The van der Waals surface area contributed by atoms with Gasteiger partial charge in [-0.2, -0.15) is 0 Å². The van der Waals surface area contributed by atoms with E-state index in [0.717, 1.165) is 24.0 Å². The molecular weight excluding hydrogens is 278 g/mol. The van der Waals surface area contributed by atoms with Crippen LogP contribution in [0.2, 0.25) is 0 Å². The van der Waals surface area contributed by atoms with Crippen LogP contribution in [0, 0.1) is 5.92 Å². The normalized spacial score (nSPS) is 17.5. The van der Waals surface area contributed by atoms with E-state index in [2.05, 4.69) is 11.4 Å². The summed E-state index contributed by atoms with van der Waals surface area (Å²) < 4.78 is 0. The molecule has 1 atom stereocenters. The number of carbonyl (C=O) groups is 1. The summed E-state index contributed by atoms with van der Waals surface area (Å²) in [5.41, 5.74) is 2.16. The Morgan fingerprint density at radius 1 is 1.32 bits per heavy atom. The van der Waals surface area contributed by atoms with Crippen molar-refractivity contribution in [2.75, 3.05) is 6.54 Å². The lowest BCUT2D eigenvalue weighted by molar-refractivity contribution is 0.0851. The van der Waals surface area contributed by atoms with Gasteiger partial charge in [0.1, 0.15) is 0 Å². The Kier molecular flexibility index (Phi) is 6.46. The maximum atomic E-state index is 10.4. The molecule has 1 aliphatic rings. The van der Waals surface area contributed by atoms with Gasteiger partial charge in [0, 0.05) is 6.54 Å². The zero-order valence-corrected chi connectivity index (χ0v) is 12.9. The van der Waals surface area contributed by atoms with Crippen LogP contribution in [0.25, 0.3) is 6.08 Å². The van der Waals surface area contributed by atoms with Gasteiger partial charge in [-0.15, -0.1) is 0 Å². The molecule has 22 heavy (non-hydrogen) atoms. The van der Waals surface area contributed by atoms with Crippen LogP contribution >= 0.6 is 0 Å². The van der Waals surface area contributed by atoms with Gasteiger partial charge < -0.3 is 15.5 Å². The highest BCUT2D eigenvalue weighted by Gasteiger charge is 2.21. The van der Waals surface area contributed by atoms with Gasteiger partial charge in [0.25, 0.3) is 0 Å². The molecule has 1 aromatic carbocycles. The molecule has 0 saturated heterocycles. The Morgan fingerprint density at radius 3 is 2.82 bits per heavy atom. The van der Waals surface area contributed by atoms with Crippen molar-refractivity contribution in [3.8, 4) is 0 Å². The van der Waals surface area contributed by atoms with Crippen LogP contribution in [-0.2, 0) is 6.42 Å². The van der Waals surface area contributed by atoms with Crippen LogP contribution in [0.15, 0.2) is 30.3 Å². The van der Waals surface area contributed by atoms with Gasteiger partial charge in [-0.1, -0.05) is 55.7 Å². The molecule has 3 N–H and O–H groups in total. The molecule has 1 amide bonds. The maximum Gasteiger partial charge on any atom is 0.404 e. The van der Waals surface area contributed by atoms with Crippen molar-refractivity contribution in [1.82, 2.24) is 5.32 Å². The molecule has 1 aliphatic carbocycles. The van der Waals surface area contributed by atoms with E-state index in [1.54, 1.807) is 6.08 Å². The molecule has 0 bridgehead atoms. The number of hydrogen-bond donors (Lipinski definition) is 3. The average Bonchev–Trinajstić information content (AvgIpc) is 2.52. The third-order valence-electron chi connectivity index (χ3n) is 4.27. The van der Waals surface area contributed by atoms with Gasteiger partial charge in [0.2, 0.25) is 0 Å². The molecule has 0 radical (unpaired) electrons. The highest BCUT2D eigenvalue weighted by atomic mass is 16.4. The summed E-state index contributed by atoms with van der Waals surface area (Å²) in [6.45, 7) is 0.296. The van der Waals surface area contributed by atoms with Gasteiger partial charge >= 0.3 is 6.09 Å². The number of hydrogen-bond acceptors (Lipinski definition) is 2. The van der Waals surface area contributed by atoms with Crippen LogP contribution in [-0.4, -0.2) is 29.0 Å². The van der Waals surface area contributed by atoms with E-state index >= 15 is 0 Å². The van der Waals surface area contributed by atoms with Crippen LogP contribution in [0.4, 0.5) is 4.79 Å². The van der Waals surface area contributed by atoms with Crippen LogP contribution in [0.3, 0.4) is 0 Å². The number of rotatable bonds is 6. The second-order valence-electron chi connectivity index (χ2n) is 6.00. The van der Waals surface area contributed by atoms with Gasteiger partial charge in [-0.3, -0.25) is 0 Å². The van der Waals surface area contributed by atoms with Gasteiger partial charge in [-0.05, 0) is 36.3 Å². The van der Waals surface area contributed by atoms with E-state index in [1.165, 1.54) is 19.3 Å². The number of amides is 1. The number of carboxylic acid groups (broad SMARTS) is 1. The van der Waals surface area contributed by atoms with E-state index in [0.29, 0.717) is 18.9 Å². The first kappa shape index (κ1) is 16.6. The van der Waals surface area contributed by atoms with Crippen molar-refractivity contribution < 1.29 is 15.0 Å². The molecule has 0 aromatic heterocycles. The highest BCUT2D eigenvalue weighted by molar-refractivity contribution is 5.65. The third-order valence-corrected chi connectivity index (χ3v) is 4.27. The summed E-state index contributed by atoms with van der Waals surface area (Å²) in [4.78, 5) is 10.4. The summed E-state index contributed by atoms with van der Waals surface area (Å²) in [7, 11) is 0. The van der Waals surface area contributed by atoms with E-state index in [1.807, 2.05) is 24.3 Å². The Labute approximate surface area is 131 Å². The number of aliphatic hydroxyl groups is 1. The first-order valence-corrected chi connectivity index (χ1v) is 8.05. The fourth-order valence-electron chi connectivity index (χ4n) is 3.09. The standard InChI is InChI=1S/C18H25NO3/c20-17(16-9-2-1-3-10-16)13-15-7-4-6-14(12-15)8-5-11-19-18(21)22/h4-8,12,16-17,19-20H,1-3,9-11,13H2,(H,21,22). The molecule has 1 saturated carbocycles. The lowest BCUT2D eigenvalue weighted by atomic mass is 9.83. The molecule has 2 rings (SSSR count). The predicted octanol–water partition coefficient (Wildman–Crippen LogP) is 3.45. The molecular formula is C18H25NO3. The molecule has 4 heteroatoms. The Morgan fingerprint density at radius 2 is 2.09 bits per heavy atom. The first-order chi connectivity index (χ1) is 10.6. The summed E-state index contributed by atoms with van der Waals surface area (Å²) in [6.07, 6.45) is 9.15. The molecule has 0 spiro atoms. The van der Waals surface area contributed by atoms with Crippen molar-refractivity contribution >= 4 is 12.2 Å². The Bertz CT molecular complexity index is 507. The zero-order chi connectivity index (χ0) is 15.8. The van der Waals surface area contributed by atoms with Gasteiger partial charge in [0.05, 0.1) is 6.10 Å². The van der Waals surface area contributed by atoms with E-state index in [4.69, 9.17) is 5.11 Å². The van der Waals surface area contributed by atoms with Gasteiger partial charge in [0.15, 0.2) is 0 Å². The average molecular weight is 303 g/mol. The number of nitrogens with one attached hydrogen (secondary N) is 1. The minimum Gasteiger partial charge on any atom is -0.465 e. The minimum atomic E-state index is -1.02. The summed E-state index contributed by atoms with van der Waals surface area (Å²) in [6, 6.07) is 8.06. The Balaban J connectivity index is 1.88. The van der Waals surface area contributed by atoms with Crippen molar-refractivity contribution in [1.29, 1.82) is 0 Å². The predicted molar refractivity (Wildman–Crippen MR) is 87.8 cm³/mol. The summed E-state index contributed by atoms with van der Waals surface area (Å²) in [5, 5.41) is 21.2. The molecule has 1 unspecified atom stereocenters. The van der Waals surface area contributed by atoms with Crippen molar-refractivity contribution in [3.05, 3.63) is 41.5 Å². The fourth-order valence-corrected chi connectivity index (χ4v) is 3.09. The van der Waals surface area contributed by atoms with Crippen molar-refractivity contribution in [3.63, 3.8) is 0 Å². The molecule has 120 valence electrons. The highest BCUT2D eigenvalue weighted by Crippen LogP contribution is 2.28. The molecule has 0 aliphatic heterocycles. The number of aliphatic hydroxyl groups excluding tert-OH is 1. The SMILES string of the molecule is O=C(O)NCC=Cc1cccc(CC(O)C2CCCCC2)c1. The van der Waals surface area contributed by atoms with Crippen LogP contribution in [0.5, 0.6) is 0 Å². The van der Waals surface area contributed by atoms with Crippen molar-refractivity contribution in [2.24, 2.45) is 5.92 Å². The maximum absolute atomic E-state index is 10.4. The molecule has 0 heterocycles. The lowest BCUT2D eigenvalue weighted by Crippen LogP contribution is -2.24. The smallest absolute Gasteiger partial charge is 0.404 e. The second kappa shape index (κ2) is 8.59. The van der Waals surface area contributed by atoms with Crippen molar-refractivity contribution in [2.45, 2.75) is 44.6 Å². The van der Waals surface area contributed by atoms with E-state index in [9.17, 15) is 9.90 Å². The van der Waals surface area contributed by atoms with E-state index < -0.39 is 6.09 Å². The lowest BCUT2D eigenvalue weighted by Gasteiger charge is -2.26. The summed E-state index contributed by atoms with van der Waals surface area (Å²) in [5.74, 6) is 0.438. The first-order valence-electron chi connectivity index (χ1n) is 8.05.